The quantitative estimate of drug-likeness (QED) is 0.862. The fourth-order valence-corrected chi connectivity index (χ4v) is 5.27. The van der Waals surface area contributed by atoms with Gasteiger partial charge in [-0.1, -0.05) is 12.8 Å². The molecule has 2 nitrogen and oxygen atoms in total. The first kappa shape index (κ1) is 15.5. The third kappa shape index (κ3) is 4.08. The molecular formula is C18H30N2S. The van der Waals surface area contributed by atoms with Crippen molar-refractivity contribution < 1.29 is 0 Å². The molecule has 118 valence electrons. The van der Waals surface area contributed by atoms with Crippen LogP contribution < -0.4 is 10.6 Å². The van der Waals surface area contributed by atoms with E-state index in [2.05, 4.69) is 36.6 Å². The molecule has 21 heavy (non-hydrogen) atoms. The van der Waals surface area contributed by atoms with Gasteiger partial charge in [-0.3, -0.25) is 0 Å². The molecule has 3 heteroatoms. The molecule has 0 spiro atoms. The summed E-state index contributed by atoms with van der Waals surface area (Å²) in [6.45, 7) is 5.80. The van der Waals surface area contributed by atoms with Crippen molar-refractivity contribution in [2.45, 2.75) is 76.9 Å². The van der Waals surface area contributed by atoms with Gasteiger partial charge in [0, 0.05) is 27.9 Å². The zero-order chi connectivity index (χ0) is 14.7. The van der Waals surface area contributed by atoms with E-state index >= 15 is 0 Å². The second-order valence-corrected chi connectivity index (χ2v) is 8.41. The lowest BCUT2D eigenvalue weighted by Gasteiger charge is -2.38. The SMILES string of the molecule is Cc1ccc(CC(C)NC2CCCCC2C2CCCN2)s1. The largest absolute Gasteiger partial charge is 0.314 e. The average Bonchev–Trinajstić information content (AvgIpc) is 3.11. The maximum Gasteiger partial charge on any atom is 0.0113 e. The van der Waals surface area contributed by atoms with E-state index in [9.17, 15) is 0 Å². The number of rotatable bonds is 5. The molecule has 2 aliphatic rings. The zero-order valence-electron chi connectivity index (χ0n) is 13.5. The molecule has 0 radical (unpaired) electrons. The summed E-state index contributed by atoms with van der Waals surface area (Å²) in [5.41, 5.74) is 0. The van der Waals surface area contributed by atoms with Crippen molar-refractivity contribution in [2.75, 3.05) is 6.54 Å². The van der Waals surface area contributed by atoms with Gasteiger partial charge >= 0.3 is 0 Å². The number of nitrogens with one attached hydrogen (secondary N) is 2. The highest BCUT2D eigenvalue weighted by atomic mass is 32.1. The van der Waals surface area contributed by atoms with Crippen LogP contribution in [0.4, 0.5) is 0 Å². The first-order valence-corrected chi connectivity index (χ1v) is 9.59. The summed E-state index contributed by atoms with van der Waals surface area (Å²) in [6, 6.07) is 6.65. The van der Waals surface area contributed by atoms with E-state index in [0.29, 0.717) is 6.04 Å². The maximum absolute atomic E-state index is 3.97. The van der Waals surface area contributed by atoms with Crippen LogP contribution in [0, 0.1) is 12.8 Å². The summed E-state index contributed by atoms with van der Waals surface area (Å²) in [7, 11) is 0. The second-order valence-electron chi connectivity index (χ2n) is 7.04. The average molecular weight is 307 g/mol. The van der Waals surface area contributed by atoms with Crippen LogP contribution >= 0.6 is 11.3 Å². The van der Waals surface area contributed by atoms with E-state index < -0.39 is 0 Å². The van der Waals surface area contributed by atoms with Crippen LogP contribution in [-0.2, 0) is 6.42 Å². The standard InChI is InChI=1S/C18H30N2S/c1-13(12-15-10-9-14(2)21-15)20-18-7-4-3-6-16(18)17-8-5-11-19-17/h9-10,13,16-20H,3-8,11-12H2,1-2H3. The van der Waals surface area contributed by atoms with Crippen molar-refractivity contribution in [3.05, 3.63) is 21.9 Å². The van der Waals surface area contributed by atoms with Crippen molar-refractivity contribution in [1.82, 2.24) is 10.6 Å². The molecule has 2 fully saturated rings. The highest BCUT2D eigenvalue weighted by molar-refractivity contribution is 7.11. The lowest BCUT2D eigenvalue weighted by Crippen LogP contribution is -2.50. The second kappa shape index (κ2) is 7.26. The monoisotopic (exact) mass is 306 g/mol. The molecule has 0 bridgehead atoms. The van der Waals surface area contributed by atoms with Gasteiger partial charge in [0.25, 0.3) is 0 Å². The predicted octanol–water partition coefficient (Wildman–Crippen LogP) is 3.89. The molecule has 1 aliphatic carbocycles. The summed E-state index contributed by atoms with van der Waals surface area (Å²) < 4.78 is 0. The van der Waals surface area contributed by atoms with Gasteiger partial charge in [0.1, 0.15) is 0 Å². The minimum atomic E-state index is 0.593. The Balaban J connectivity index is 1.55. The smallest absolute Gasteiger partial charge is 0.0113 e. The van der Waals surface area contributed by atoms with Crippen molar-refractivity contribution in [3.63, 3.8) is 0 Å². The van der Waals surface area contributed by atoms with Crippen molar-refractivity contribution >= 4 is 11.3 Å². The van der Waals surface area contributed by atoms with E-state index in [4.69, 9.17) is 0 Å². The van der Waals surface area contributed by atoms with Crippen LogP contribution in [0.15, 0.2) is 12.1 Å². The van der Waals surface area contributed by atoms with E-state index in [1.807, 2.05) is 11.3 Å². The zero-order valence-corrected chi connectivity index (χ0v) is 14.3. The van der Waals surface area contributed by atoms with Crippen LogP contribution in [0.1, 0.15) is 55.2 Å². The van der Waals surface area contributed by atoms with Gasteiger partial charge in [-0.05, 0) is 70.5 Å². The Kier molecular flexibility index (Phi) is 5.36. The van der Waals surface area contributed by atoms with Gasteiger partial charge < -0.3 is 10.6 Å². The Morgan fingerprint density at radius 2 is 2.10 bits per heavy atom. The van der Waals surface area contributed by atoms with Crippen molar-refractivity contribution in [3.8, 4) is 0 Å². The Bertz CT molecular complexity index is 436. The Morgan fingerprint density at radius 1 is 1.24 bits per heavy atom. The number of thiophene rings is 1. The Morgan fingerprint density at radius 3 is 2.81 bits per heavy atom. The van der Waals surface area contributed by atoms with Crippen LogP contribution in [0.5, 0.6) is 0 Å². The van der Waals surface area contributed by atoms with Gasteiger partial charge in [-0.25, -0.2) is 0 Å². The van der Waals surface area contributed by atoms with Gasteiger partial charge in [0.2, 0.25) is 0 Å². The molecule has 0 aromatic carbocycles. The molecular weight excluding hydrogens is 276 g/mol. The Hall–Kier alpha value is -0.380. The summed E-state index contributed by atoms with van der Waals surface area (Å²) >= 11 is 1.95. The molecule has 2 N–H and O–H groups in total. The van der Waals surface area contributed by atoms with E-state index in [-0.39, 0.29) is 0 Å². The highest BCUT2D eigenvalue weighted by Gasteiger charge is 2.33. The van der Waals surface area contributed by atoms with Crippen LogP contribution in [0.2, 0.25) is 0 Å². The first-order valence-electron chi connectivity index (χ1n) is 8.77. The number of hydrogen-bond donors (Lipinski definition) is 2. The fraction of sp³-hybridized carbons (Fsp3) is 0.778. The summed E-state index contributed by atoms with van der Waals surface area (Å²) in [6.07, 6.45) is 9.57. The molecule has 1 saturated carbocycles. The van der Waals surface area contributed by atoms with Gasteiger partial charge in [-0.15, -0.1) is 11.3 Å². The van der Waals surface area contributed by atoms with Gasteiger partial charge in [-0.2, -0.15) is 0 Å². The van der Waals surface area contributed by atoms with Crippen molar-refractivity contribution in [1.29, 1.82) is 0 Å². The van der Waals surface area contributed by atoms with Gasteiger partial charge in [0.15, 0.2) is 0 Å². The first-order chi connectivity index (χ1) is 10.2. The topological polar surface area (TPSA) is 24.1 Å². The van der Waals surface area contributed by atoms with Crippen molar-refractivity contribution in [2.24, 2.45) is 5.92 Å². The lowest BCUT2D eigenvalue weighted by atomic mass is 9.79. The van der Waals surface area contributed by atoms with E-state index in [1.165, 1.54) is 61.2 Å². The van der Waals surface area contributed by atoms with E-state index in [0.717, 1.165) is 18.0 Å². The molecule has 1 aromatic heterocycles. The molecule has 1 aromatic rings. The molecule has 2 heterocycles. The third-order valence-electron chi connectivity index (χ3n) is 5.24. The lowest BCUT2D eigenvalue weighted by molar-refractivity contribution is 0.203. The molecule has 4 unspecified atom stereocenters. The van der Waals surface area contributed by atoms with E-state index in [1.54, 1.807) is 0 Å². The normalized spacial score (nSPS) is 31.4. The minimum absolute atomic E-state index is 0.593. The molecule has 0 amide bonds. The molecule has 1 aliphatic heterocycles. The number of hydrogen-bond acceptors (Lipinski definition) is 3. The van der Waals surface area contributed by atoms with Crippen LogP contribution in [0.25, 0.3) is 0 Å². The predicted molar refractivity (Wildman–Crippen MR) is 92.1 cm³/mol. The van der Waals surface area contributed by atoms with Crippen LogP contribution in [-0.4, -0.2) is 24.7 Å². The van der Waals surface area contributed by atoms with Crippen LogP contribution in [0.3, 0.4) is 0 Å². The summed E-state index contributed by atoms with van der Waals surface area (Å²) in [4.78, 5) is 2.96. The molecule has 1 saturated heterocycles. The summed E-state index contributed by atoms with van der Waals surface area (Å²) in [5, 5.41) is 7.71. The third-order valence-corrected chi connectivity index (χ3v) is 6.26. The van der Waals surface area contributed by atoms with Gasteiger partial charge in [0.05, 0.1) is 0 Å². The number of aryl methyl sites for hydroxylation is 1. The minimum Gasteiger partial charge on any atom is -0.314 e. The maximum atomic E-state index is 3.97. The fourth-order valence-electron chi connectivity index (χ4n) is 4.25. The molecule has 4 atom stereocenters. The Labute approximate surface area is 133 Å². The summed E-state index contributed by atoms with van der Waals surface area (Å²) in [5.74, 6) is 0.855. The molecule has 3 rings (SSSR count). The highest BCUT2D eigenvalue weighted by Crippen LogP contribution is 2.31.